The number of nitrogens with zero attached hydrogens (tertiary/aromatic N) is 1. The number of halogens is 2. The number of nitro groups is 1. The van der Waals surface area contributed by atoms with Gasteiger partial charge >= 0.3 is 0 Å². The molecule has 0 spiro atoms. The van der Waals surface area contributed by atoms with Crippen LogP contribution in [-0.2, 0) is 4.79 Å². The number of nitro benzene ring substituents is 1. The number of carbonyl (C=O) groups is 1. The molecule has 2 aromatic carbocycles. The number of anilines is 1. The molecular formula is C15H10Cl2N2O3. The third-order valence-corrected chi connectivity index (χ3v) is 3.24. The molecule has 1 N–H and O–H groups in total. The second-order valence-electron chi connectivity index (χ2n) is 4.30. The van der Waals surface area contributed by atoms with Gasteiger partial charge in [-0.3, -0.25) is 14.9 Å². The van der Waals surface area contributed by atoms with Gasteiger partial charge in [-0.15, -0.1) is 0 Å². The molecule has 0 unspecified atom stereocenters. The molecule has 22 heavy (non-hydrogen) atoms. The van der Waals surface area contributed by atoms with Crippen LogP contribution < -0.4 is 5.32 Å². The molecule has 0 atom stereocenters. The van der Waals surface area contributed by atoms with Gasteiger partial charge in [0.2, 0.25) is 5.91 Å². The molecule has 0 heterocycles. The fourth-order valence-corrected chi connectivity index (χ4v) is 2.10. The lowest BCUT2D eigenvalue weighted by molar-refractivity contribution is -0.384. The highest BCUT2D eigenvalue weighted by Gasteiger charge is 2.10. The van der Waals surface area contributed by atoms with Gasteiger partial charge in [0.25, 0.3) is 5.69 Å². The third kappa shape index (κ3) is 4.31. The number of nitrogens with one attached hydrogen (secondary N) is 1. The fraction of sp³-hybridized carbons (Fsp3) is 0. The van der Waals surface area contributed by atoms with E-state index in [1.165, 1.54) is 24.3 Å². The fourth-order valence-electron chi connectivity index (χ4n) is 1.68. The maximum Gasteiger partial charge on any atom is 0.271 e. The van der Waals surface area contributed by atoms with Crippen molar-refractivity contribution >= 4 is 46.6 Å². The quantitative estimate of drug-likeness (QED) is 0.505. The first kappa shape index (κ1) is 16.0. The predicted molar refractivity (Wildman–Crippen MR) is 87.2 cm³/mol. The van der Waals surface area contributed by atoms with Crippen molar-refractivity contribution in [3.8, 4) is 0 Å². The molecule has 1 amide bonds. The largest absolute Gasteiger partial charge is 0.321 e. The highest BCUT2D eigenvalue weighted by atomic mass is 35.5. The first-order valence-electron chi connectivity index (χ1n) is 6.14. The summed E-state index contributed by atoms with van der Waals surface area (Å²) in [6, 6.07) is 10.8. The molecule has 0 fully saturated rings. The van der Waals surface area contributed by atoms with E-state index < -0.39 is 10.8 Å². The average molecular weight is 337 g/mol. The van der Waals surface area contributed by atoms with E-state index >= 15 is 0 Å². The van der Waals surface area contributed by atoms with E-state index in [0.29, 0.717) is 10.7 Å². The molecule has 0 aliphatic rings. The minimum Gasteiger partial charge on any atom is -0.321 e. The first-order chi connectivity index (χ1) is 10.5. The van der Waals surface area contributed by atoms with Gasteiger partial charge < -0.3 is 5.32 Å². The number of carbonyl (C=O) groups excluding carboxylic acids is 1. The van der Waals surface area contributed by atoms with Crippen LogP contribution in [0.2, 0.25) is 10.0 Å². The molecule has 0 saturated carbocycles. The van der Waals surface area contributed by atoms with Gasteiger partial charge in [-0.2, -0.15) is 0 Å². The smallest absolute Gasteiger partial charge is 0.271 e. The van der Waals surface area contributed by atoms with Gasteiger partial charge in [-0.25, -0.2) is 0 Å². The van der Waals surface area contributed by atoms with Gasteiger partial charge in [-0.1, -0.05) is 35.3 Å². The zero-order chi connectivity index (χ0) is 16.1. The van der Waals surface area contributed by atoms with Gasteiger partial charge in [0.05, 0.1) is 15.6 Å². The van der Waals surface area contributed by atoms with Crippen LogP contribution in [0.5, 0.6) is 0 Å². The number of hydrogen-bond acceptors (Lipinski definition) is 3. The molecule has 2 rings (SSSR count). The second kappa shape index (κ2) is 7.06. The van der Waals surface area contributed by atoms with Crippen LogP contribution in [0.25, 0.3) is 6.08 Å². The predicted octanol–water partition coefficient (Wildman–Crippen LogP) is 4.55. The Labute approximate surface area is 136 Å². The van der Waals surface area contributed by atoms with Crippen molar-refractivity contribution in [1.82, 2.24) is 0 Å². The van der Waals surface area contributed by atoms with E-state index in [-0.39, 0.29) is 10.7 Å². The number of hydrogen-bond donors (Lipinski definition) is 1. The summed E-state index contributed by atoms with van der Waals surface area (Å²) in [7, 11) is 0. The molecule has 0 aliphatic heterocycles. The molecule has 2 aromatic rings. The maximum absolute atomic E-state index is 11.8. The zero-order valence-electron chi connectivity index (χ0n) is 11.1. The van der Waals surface area contributed by atoms with Crippen LogP contribution in [-0.4, -0.2) is 10.8 Å². The summed E-state index contributed by atoms with van der Waals surface area (Å²) in [5.41, 5.74) is 0.933. The molecule has 0 saturated heterocycles. The summed E-state index contributed by atoms with van der Waals surface area (Å²) in [6.07, 6.45) is 2.92. The lowest BCUT2D eigenvalue weighted by atomic mass is 10.2. The Morgan fingerprint density at radius 3 is 2.59 bits per heavy atom. The summed E-state index contributed by atoms with van der Waals surface area (Å²) in [4.78, 5) is 21.9. The Morgan fingerprint density at radius 2 is 1.95 bits per heavy atom. The van der Waals surface area contributed by atoms with E-state index in [2.05, 4.69) is 5.32 Å². The van der Waals surface area contributed by atoms with Gasteiger partial charge in [-0.05, 0) is 29.8 Å². The molecule has 5 nitrogen and oxygen atoms in total. The van der Waals surface area contributed by atoms with E-state index in [9.17, 15) is 14.9 Å². The number of amides is 1. The van der Waals surface area contributed by atoms with Gasteiger partial charge in [0.1, 0.15) is 0 Å². The summed E-state index contributed by atoms with van der Waals surface area (Å²) in [5.74, 6) is -0.407. The van der Waals surface area contributed by atoms with Crippen molar-refractivity contribution < 1.29 is 9.72 Å². The Kier molecular flexibility index (Phi) is 5.14. The molecular weight excluding hydrogens is 327 g/mol. The summed E-state index contributed by atoms with van der Waals surface area (Å²) in [5, 5.41) is 13.8. The second-order valence-corrected chi connectivity index (χ2v) is 5.14. The monoisotopic (exact) mass is 336 g/mol. The third-order valence-electron chi connectivity index (χ3n) is 2.70. The number of non-ortho nitro benzene ring substituents is 1. The standard InChI is InChI=1S/C15H10Cl2N2O3/c16-11-3-1-2-10(8-11)4-7-15(20)18-14-6-5-12(19(21)22)9-13(14)17/h1-9H,(H,18,20). The molecule has 7 heteroatoms. The molecule has 112 valence electrons. The number of benzene rings is 2. The molecule has 0 aliphatic carbocycles. The number of rotatable bonds is 4. The Hall–Kier alpha value is -2.37. The molecule has 0 aromatic heterocycles. The highest BCUT2D eigenvalue weighted by Crippen LogP contribution is 2.26. The van der Waals surface area contributed by atoms with Crippen molar-refractivity contribution in [2.24, 2.45) is 0 Å². The first-order valence-corrected chi connectivity index (χ1v) is 6.90. The van der Waals surface area contributed by atoms with Crippen LogP contribution in [0.4, 0.5) is 11.4 Å². The Bertz CT molecular complexity index is 760. The van der Waals surface area contributed by atoms with E-state index in [1.807, 2.05) is 0 Å². The highest BCUT2D eigenvalue weighted by molar-refractivity contribution is 6.34. The van der Waals surface area contributed by atoms with Crippen molar-refractivity contribution in [2.45, 2.75) is 0 Å². The SMILES string of the molecule is O=C(C=Cc1cccc(Cl)c1)Nc1ccc([N+](=O)[O-])cc1Cl. The Balaban J connectivity index is 2.07. The van der Waals surface area contributed by atoms with E-state index in [4.69, 9.17) is 23.2 Å². The van der Waals surface area contributed by atoms with Crippen LogP contribution >= 0.6 is 23.2 Å². The van der Waals surface area contributed by atoms with Crippen molar-refractivity contribution in [1.29, 1.82) is 0 Å². The normalized spacial score (nSPS) is 10.6. The van der Waals surface area contributed by atoms with Crippen LogP contribution in [0.1, 0.15) is 5.56 Å². The molecule has 0 bridgehead atoms. The summed E-state index contributed by atoms with van der Waals surface area (Å²) >= 11 is 11.7. The van der Waals surface area contributed by atoms with E-state index in [1.54, 1.807) is 30.3 Å². The topological polar surface area (TPSA) is 72.2 Å². The van der Waals surface area contributed by atoms with Crippen LogP contribution in [0.3, 0.4) is 0 Å². The van der Waals surface area contributed by atoms with Crippen LogP contribution in [0, 0.1) is 10.1 Å². The lowest BCUT2D eigenvalue weighted by Gasteiger charge is -2.04. The van der Waals surface area contributed by atoms with Gasteiger partial charge in [0.15, 0.2) is 0 Å². The maximum atomic E-state index is 11.8. The van der Waals surface area contributed by atoms with Crippen molar-refractivity contribution in [2.75, 3.05) is 5.32 Å². The minimum absolute atomic E-state index is 0.0960. The van der Waals surface area contributed by atoms with E-state index in [0.717, 1.165) is 5.56 Å². The Morgan fingerprint density at radius 1 is 1.18 bits per heavy atom. The van der Waals surface area contributed by atoms with Gasteiger partial charge in [0, 0.05) is 23.2 Å². The van der Waals surface area contributed by atoms with Crippen molar-refractivity contribution in [3.05, 3.63) is 74.3 Å². The zero-order valence-corrected chi connectivity index (χ0v) is 12.6. The summed E-state index contributed by atoms with van der Waals surface area (Å²) in [6.45, 7) is 0. The van der Waals surface area contributed by atoms with Crippen LogP contribution in [0.15, 0.2) is 48.5 Å². The lowest BCUT2D eigenvalue weighted by Crippen LogP contribution is -2.08. The van der Waals surface area contributed by atoms with Crippen molar-refractivity contribution in [3.63, 3.8) is 0 Å². The minimum atomic E-state index is -0.559. The molecule has 0 radical (unpaired) electrons. The average Bonchev–Trinajstić information content (AvgIpc) is 2.47. The summed E-state index contributed by atoms with van der Waals surface area (Å²) < 4.78 is 0.